The molecule has 1 aromatic heterocycles. The van der Waals surface area contributed by atoms with Gasteiger partial charge in [0.1, 0.15) is 5.69 Å². The summed E-state index contributed by atoms with van der Waals surface area (Å²) in [4.78, 5) is 14.5. The lowest BCUT2D eigenvalue weighted by atomic mass is 9.79. The van der Waals surface area contributed by atoms with Crippen molar-refractivity contribution in [3.05, 3.63) is 17.5 Å². The van der Waals surface area contributed by atoms with Crippen molar-refractivity contribution in [3.63, 3.8) is 0 Å². The van der Waals surface area contributed by atoms with E-state index in [2.05, 4.69) is 34.3 Å². The second-order valence-electron chi connectivity index (χ2n) is 5.81. The maximum absolute atomic E-state index is 12.0. The molecule has 0 radical (unpaired) electrons. The first kappa shape index (κ1) is 11.7. The first-order chi connectivity index (χ1) is 8.60. The third-order valence-electron chi connectivity index (χ3n) is 4.34. The quantitative estimate of drug-likeness (QED) is 0.777. The fraction of sp³-hybridized carbons (Fsp3) is 0.692. The minimum absolute atomic E-state index is 0.00625. The number of aromatic amines is 1. The predicted octanol–water partition coefficient (Wildman–Crippen LogP) is 0.939. The number of hydrogen-bond acceptors (Lipinski definition) is 3. The second kappa shape index (κ2) is 4.09. The first-order valence-corrected chi connectivity index (χ1v) is 6.68. The summed E-state index contributed by atoms with van der Waals surface area (Å²) in [6.45, 7) is 6.58. The van der Waals surface area contributed by atoms with Gasteiger partial charge >= 0.3 is 0 Å². The van der Waals surface area contributed by atoms with Crippen molar-refractivity contribution in [3.8, 4) is 0 Å². The van der Waals surface area contributed by atoms with E-state index < -0.39 is 0 Å². The number of fused-ring (bicyclic) bond motifs is 1. The van der Waals surface area contributed by atoms with Crippen LogP contribution in [0.25, 0.3) is 0 Å². The SMILES string of the molecule is CC(C)N1CCC2(CC1)Cc1cn[nH]c1C(=O)N2. The maximum atomic E-state index is 12.0. The monoisotopic (exact) mass is 248 g/mol. The molecule has 3 rings (SSSR count). The first-order valence-electron chi connectivity index (χ1n) is 6.68. The van der Waals surface area contributed by atoms with Gasteiger partial charge in [0, 0.05) is 30.2 Å². The van der Waals surface area contributed by atoms with Crippen LogP contribution >= 0.6 is 0 Å². The van der Waals surface area contributed by atoms with Gasteiger partial charge in [-0.05, 0) is 33.1 Å². The van der Waals surface area contributed by atoms with Crippen molar-refractivity contribution in [1.29, 1.82) is 0 Å². The van der Waals surface area contributed by atoms with E-state index in [4.69, 9.17) is 0 Å². The summed E-state index contributed by atoms with van der Waals surface area (Å²) in [6.07, 6.45) is 4.77. The molecular weight excluding hydrogens is 228 g/mol. The molecule has 1 aromatic rings. The Morgan fingerprint density at radius 1 is 1.39 bits per heavy atom. The summed E-state index contributed by atoms with van der Waals surface area (Å²) in [6, 6.07) is 0.589. The zero-order chi connectivity index (χ0) is 12.8. The summed E-state index contributed by atoms with van der Waals surface area (Å²) < 4.78 is 0. The fourth-order valence-corrected chi connectivity index (χ4v) is 3.12. The van der Waals surface area contributed by atoms with Gasteiger partial charge in [-0.25, -0.2) is 0 Å². The van der Waals surface area contributed by atoms with Crippen molar-refractivity contribution < 1.29 is 4.79 Å². The summed E-state index contributed by atoms with van der Waals surface area (Å²) in [5.74, 6) is 0.00625. The normalized spacial score (nSPS) is 23.2. The molecule has 1 spiro atoms. The molecule has 0 aromatic carbocycles. The highest BCUT2D eigenvalue weighted by Crippen LogP contribution is 2.31. The van der Waals surface area contributed by atoms with Crippen LogP contribution in [0.5, 0.6) is 0 Å². The average molecular weight is 248 g/mol. The van der Waals surface area contributed by atoms with Gasteiger partial charge in [-0.15, -0.1) is 0 Å². The van der Waals surface area contributed by atoms with Gasteiger partial charge in [-0.3, -0.25) is 9.89 Å². The van der Waals surface area contributed by atoms with Crippen LogP contribution in [0.2, 0.25) is 0 Å². The molecule has 2 N–H and O–H groups in total. The van der Waals surface area contributed by atoms with Crippen LogP contribution in [0.1, 0.15) is 42.7 Å². The number of H-pyrrole nitrogens is 1. The van der Waals surface area contributed by atoms with Gasteiger partial charge in [0.2, 0.25) is 0 Å². The van der Waals surface area contributed by atoms with Crippen LogP contribution in [0.3, 0.4) is 0 Å². The third-order valence-corrected chi connectivity index (χ3v) is 4.34. The minimum Gasteiger partial charge on any atom is -0.345 e. The number of amides is 1. The van der Waals surface area contributed by atoms with Crippen molar-refractivity contribution in [2.24, 2.45) is 0 Å². The minimum atomic E-state index is -0.0423. The van der Waals surface area contributed by atoms with Crippen LogP contribution in [0.4, 0.5) is 0 Å². The predicted molar refractivity (Wildman–Crippen MR) is 68.4 cm³/mol. The number of rotatable bonds is 1. The molecule has 3 heterocycles. The third kappa shape index (κ3) is 1.82. The van der Waals surface area contributed by atoms with Crippen molar-refractivity contribution >= 4 is 5.91 Å². The zero-order valence-corrected chi connectivity index (χ0v) is 11.0. The molecule has 0 atom stereocenters. The number of likely N-dealkylation sites (tertiary alicyclic amines) is 1. The molecule has 2 aliphatic rings. The highest BCUT2D eigenvalue weighted by Gasteiger charge is 2.41. The summed E-state index contributed by atoms with van der Waals surface area (Å²) in [5.41, 5.74) is 1.67. The van der Waals surface area contributed by atoms with Gasteiger partial charge in [-0.1, -0.05) is 0 Å². The molecule has 18 heavy (non-hydrogen) atoms. The highest BCUT2D eigenvalue weighted by molar-refractivity contribution is 5.95. The van der Waals surface area contributed by atoms with E-state index in [1.807, 2.05) is 0 Å². The molecule has 5 heteroatoms. The van der Waals surface area contributed by atoms with E-state index in [0.29, 0.717) is 11.7 Å². The van der Waals surface area contributed by atoms with Crippen LogP contribution in [0, 0.1) is 0 Å². The van der Waals surface area contributed by atoms with E-state index >= 15 is 0 Å². The standard InChI is InChI=1S/C13H20N4O/c1-9(2)17-5-3-13(4-6-17)7-10-8-14-16-11(10)12(18)15-13/h8-9H,3-7H2,1-2H3,(H,14,16)(H,15,18). The van der Waals surface area contributed by atoms with E-state index in [-0.39, 0.29) is 11.4 Å². The molecule has 0 saturated carbocycles. The van der Waals surface area contributed by atoms with Crippen molar-refractivity contribution in [2.45, 2.75) is 44.7 Å². The van der Waals surface area contributed by atoms with Gasteiger partial charge in [0.15, 0.2) is 0 Å². The van der Waals surface area contributed by atoms with E-state index in [0.717, 1.165) is 37.9 Å². The molecule has 1 saturated heterocycles. The lowest BCUT2D eigenvalue weighted by molar-refractivity contribution is 0.0728. The number of nitrogens with zero attached hydrogens (tertiary/aromatic N) is 2. The molecule has 2 aliphatic heterocycles. The van der Waals surface area contributed by atoms with E-state index in [1.165, 1.54) is 0 Å². The number of nitrogens with one attached hydrogen (secondary N) is 2. The number of piperidine rings is 1. The molecule has 0 bridgehead atoms. The number of carbonyl (C=O) groups excluding carboxylic acids is 1. The highest BCUT2D eigenvalue weighted by atomic mass is 16.2. The van der Waals surface area contributed by atoms with Crippen LogP contribution in [-0.4, -0.2) is 45.7 Å². The topological polar surface area (TPSA) is 61.0 Å². The molecule has 98 valence electrons. The number of hydrogen-bond donors (Lipinski definition) is 2. The number of carbonyl (C=O) groups is 1. The molecule has 0 aliphatic carbocycles. The van der Waals surface area contributed by atoms with Crippen LogP contribution < -0.4 is 5.32 Å². The Bertz CT molecular complexity index is 457. The van der Waals surface area contributed by atoms with Gasteiger partial charge < -0.3 is 10.2 Å². The summed E-state index contributed by atoms with van der Waals surface area (Å²) in [7, 11) is 0. The second-order valence-corrected chi connectivity index (χ2v) is 5.81. The Morgan fingerprint density at radius 3 is 2.78 bits per heavy atom. The Hall–Kier alpha value is -1.36. The molecule has 0 unspecified atom stereocenters. The maximum Gasteiger partial charge on any atom is 0.270 e. The van der Waals surface area contributed by atoms with Gasteiger partial charge in [0.05, 0.1) is 6.20 Å². The summed E-state index contributed by atoms with van der Waals surface area (Å²) in [5, 5.41) is 9.96. The fourth-order valence-electron chi connectivity index (χ4n) is 3.12. The lowest BCUT2D eigenvalue weighted by Crippen LogP contribution is -2.59. The van der Waals surface area contributed by atoms with Crippen molar-refractivity contribution in [1.82, 2.24) is 20.4 Å². The largest absolute Gasteiger partial charge is 0.345 e. The van der Waals surface area contributed by atoms with Gasteiger partial charge in [0.25, 0.3) is 5.91 Å². The van der Waals surface area contributed by atoms with Crippen LogP contribution in [0.15, 0.2) is 6.20 Å². The van der Waals surface area contributed by atoms with Crippen molar-refractivity contribution in [2.75, 3.05) is 13.1 Å². The number of aromatic nitrogens is 2. The smallest absolute Gasteiger partial charge is 0.270 e. The van der Waals surface area contributed by atoms with Crippen LogP contribution in [-0.2, 0) is 6.42 Å². The Kier molecular flexibility index (Phi) is 2.66. The average Bonchev–Trinajstić information content (AvgIpc) is 2.77. The Morgan fingerprint density at radius 2 is 2.11 bits per heavy atom. The van der Waals surface area contributed by atoms with E-state index in [1.54, 1.807) is 6.20 Å². The van der Waals surface area contributed by atoms with Gasteiger partial charge in [-0.2, -0.15) is 5.10 Å². The molecular formula is C13H20N4O. The molecule has 1 fully saturated rings. The molecule has 5 nitrogen and oxygen atoms in total. The van der Waals surface area contributed by atoms with E-state index in [9.17, 15) is 4.79 Å². The zero-order valence-electron chi connectivity index (χ0n) is 11.0. The molecule has 1 amide bonds. The summed E-state index contributed by atoms with van der Waals surface area (Å²) >= 11 is 0. The lowest BCUT2D eigenvalue weighted by Gasteiger charge is -2.45. The Labute approximate surface area is 107 Å². The Balaban J connectivity index is 1.77.